The van der Waals surface area contributed by atoms with Crippen LogP contribution in [0.15, 0.2) is 0 Å². The summed E-state index contributed by atoms with van der Waals surface area (Å²) >= 11 is 0. The second-order valence-corrected chi connectivity index (χ2v) is 14.6. The first-order chi connectivity index (χ1) is 18.0. The average Bonchev–Trinajstić information content (AvgIpc) is 2.78. The second-order valence-electron chi connectivity index (χ2n) is 14.6. The molecule has 4 nitrogen and oxygen atoms in total. The molecule has 0 saturated carbocycles. The Kier molecular flexibility index (Phi) is 17.2. The molecular weight excluding hydrogens is 484 g/mol. The molecule has 0 bridgehead atoms. The molecule has 0 rings (SSSR count). The van der Waals surface area contributed by atoms with Gasteiger partial charge in [0.1, 0.15) is 11.2 Å². The van der Waals surface area contributed by atoms with Crippen molar-refractivity contribution in [2.24, 2.45) is 47.3 Å². The van der Waals surface area contributed by atoms with Gasteiger partial charge in [-0.25, -0.2) is 0 Å². The Balaban J connectivity index is 5.55. The van der Waals surface area contributed by atoms with Crippen LogP contribution in [-0.2, 0) is 19.1 Å². The maximum atomic E-state index is 13.2. The topological polar surface area (TPSA) is 52.6 Å². The largest absolute Gasteiger partial charge is 0.459 e. The van der Waals surface area contributed by atoms with Crippen molar-refractivity contribution < 1.29 is 19.1 Å². The lowest BCUT2D eigenvalue weighted by molar-refractivity contribution is -0.179. The standard InChI is InChI=1S/C35H68O4/c1-15-34(28(11)12,30(20-24(3)4)21-25(5)6)38-32(36)18-17-19-33(37)39-35(16-2,29(13)14)31(22-26(7)8)23-27(9)10/h24-31H,15-23H2,1-14H3. The van der Waals surface area contributed by atoms with Crippen LogP contribution in [0, 0.1) is 47.3 Å². The summed E-state index contributed by atoms with van der Waals surface area (Å²) in [4.78, 5) is 26.4. The molecule has 2 atom stereocenters. The smallest absolute Gasteiger partial charge is 0.306 e. The van der Waals surface area contributed by atoms with Gasteiger partial charge in [0.15, 0.2) is 0 Å². The van der Waals surface area contributed by atoms with Gasteiger partial charge in [0.2, 0.25) is 0 Å². The zero-order chi connectivity index (χ0) is 30.6. The summed E-state index contributed by atoms with van der Waals surface area (Å²) in [5, 5.41) is 0. The number of hydrogen-bond donors (Lipinski definition) is 0. The van der Waals surface area contributed by atoms with E-state index in [1.54, 1.807) is 0 Å². The summed E-state index contributed by atoms with van der Waals surface area (Å²) in [7, 11) is 0. The molecule has 0 aromatic rings. The first kappa shape index (κ1) is 37.9. The van der Waals surface area contributed by atoms with Gasteiger partial charge in [-0.1, -0.05) is 96.9 Å². The van der Waals surface area contributed by atoms with Crippen molar-refractivity contribution in [1.29, 1.82) is 0 Å². The zero-order valence-electron chi connectivity index (χ0n) is 28.6. The van der Waals surface area contributed by atoms with Gasteiger partial charge < -0.3 is 9.47 Å². The van der Waals surface area contributed by atoms with Gasteiger partial charge in [-0.3, -0.25) is 9.59 Å². The molecule has 232 valence electrons. The molecule has 39 heavy (non-hydrogen) atoms. The third-order valence-electron chi connectivity index (χ3n) is 8.84. The Morgan fingerprint density at radius 1 is 0.513 bits per heavy atom. The Bertz CT molecular complexity index is 615. The van der Waals surface area contributed by atoms with Crippen LogP contribution in [0.25, 0.3) is 0 Å². The van der Waals surface area contributed by atoms with E-state index in [-0.39, 0.29) is 36.6 Å². The van der Waals surface area contributed by atoms with E-state index in [0.29, 0.717) is 41.9 Å². The lowest BCUT2D eigenvalue weighted by Gasteiger charge is -2.45. The number of carbonyl (C=O) groups is 2. The van der Waals surface area contributed by atoms with E-state index in [0.717, 1.165) is 38.5 Å². The molecule has 2 unspecified atom stereocenters. The van der Waals surface area contributed by atoms with Crippen LogP contribution in [0.2, 0.25) is 0 Å². The van der Waals surface area contributed by atoms with Crippen molar-refractivity contribution in [3.63, 3.8) is 0 Å². The Morgan fingerprint density at radius 3 is 0.949 bits per heavy atom. The molecule has 0 aromatic heterocycles. The van der Waals surface area contributed by atoms with Crippen molar-refractivity contribution >= 4 is 11.9 Å². The summed E-state index contributed by atoms with van der Waals surface area (Å²) < 4.78 is 12.8. The van der Waals surface area contributed by atoms with Crippen LogP contribution in [-0.4, -0.2) is 23.1 Å². The van der Waals surface area contributed by atoms with Gasteiger partial charge in [0.05, 0.1) is 0 Å². The molecule has 0 amide bonds. The minimum absolute atomic E-state index is 0.182. The molecule has 0 spiro atoms. The molecule has 0 radical (unpaired) electrons. The molecule has 0 aromatic carbocycles. The van der Waals surface area contributed by atoms with Crippen LogP contribution in [0.4, 0.5) is 0 Å². The maximum absolute atomic E-state index is 13.2. The molecule has 0 aliphatic rings. The van der Waals surface area contributed by atoms with E-state index in [9.17, 15) is 9.59 Å². The fourth-order valence-corrected chi connectivity index (χ4v) is 7.05. The van der Waals surface area contributed by atoms with Crippen LogP contribution in [0.5, 0.6) is 0 Å². The van der Waals surface area contributed by atoms with Crippen LogP contribution in [0.3, 0.4) is 0 Å². The number of esters is 2. The van der Waals surface area contributed by atoms with Crippen molar-refractivity contribution in [3.05, 3.63) is 0 Å². The van der Waals surface area contributed by atoms with Crippen LogP contribution >= 0.6 is 0 Å². The number of rotatable bonds is 20. The van der Waals surface area contributed by atoms with Gasteiger partial charge in [-0.2, -0.15) is 0 Å². The summed E-state index contributed by atoms with van der Waals surface area (Å²) in [5.74, 6) is 2.92. The summed E-state index contributed by atoms with van der Waals surface area (Å²) in [6.07, 6.45) is 6.78. The number of hydrogen-bond acceptors (Lipinski definition) is 4. The minimum atomic E-state index is -0.470. The van der Waals surface area contributed by atoms with Crippen LogP contribution < -0.4 is 0 Å². The third-order valence-corrected chi connectivity index (χ3v) is 8.84. The Hall–Kier alpha value is -1.06. The van der Waals surface area contributed by atoms with E-state index in [1.165, 1.54) is 0 Å². The molecule has 4 heteroatoms. The lowest BCUT2D eigenvalue weighted by atomic mass is 9.70. The normalized spacial score (nSPS) is 15.7. The van der Waals surface area contributed by atoms with Crippen molar-refractivity contribution in [3.8, 4) is 0 Å². The second kappa shape index (κ2) is 17.7. The summed E-state index contributed by atoms with van der Waals surface area (Å²) in [6.45, 7) is 31.1. The molecular formula is C35H68O4. The molecule has 0 aliphatic heterocycles. The summed E-state index contributed by atoms with van der Waals surface area (Å²) in [6, 6.07) is 0. The van der Waals surface area contributed by atoms with Gasteiger partial charge in [0, 0.05) is 12.8 Å². The monoisotopic (exact) mass is 553 g/mol. The van der Waals surface area contributed by atoms with Gasteiger partial charge in [0.25, 0.3) is 0 Å². The first-order valence-corrected chi connectivity index (χ1v) is 16.4. The molecule has 0 saturated heterocycles. The van der Waals surface area contributed by atoms with Crippen LogP contribution in [0.1, 0.15) is 155 Å². The quantitative estimate of drug-likeness (QED) is 0.141. The average molecular weight is 553 g/mol. The highest BCUT2D eigenvalue weighted by atomic mass is 16.6. The predicted octanol–water partition coefficient (Wildman–Crippen LogP) is 10.3. The van der Waals surface area contributed by atoms with E-state index in [2.05, 4.69) is 96.9 Å². The molecule has 0 aliphatic carbocycles. The SMILES string of the molecule is CCC(OC(=O)CCCC(=O)OC(CC)(C(C)C)C(CC(C)C)CC(C)C)(C(C)C)C(CC(C)C)CC(C)C. The van der Waals surface area contributed by atoms with E-state index in [4.69, 9.17) is 9.47 Å². The van der Waals surface area contributed by atoms with E-state index in [1.807, 2.05) is 0 Å². The molecule has 0 heterocycles. The maximum Gasteiger partial charge on any atom is 0.306 e. The van der Waals surface area contributed by atoms with Gasteiger partial charge >= 0.3 is 11.9 Å². The van der Waals surface area contributed by atoms with E-state index >= 15 is 0 Å². The first-order valence-electron chi connectivity index (χ1n) is 16.4. The summed E-state index contributed by atoms with van der Waals surface area (Å²) in [5.41, 5.74) is -0.940. The highest BCUT2D eigenvalue weighted by Gasteiger charge is 2.45. The van der Waals surface area contributed by atoms with Gasteiger partial charge in [-0.05, 0) is 92.3 Å². The van der Waals surface area contributed by atoms with Crippen molar-refractivity contribution in [2.75, 3.05) is 0 Å². The van der Waals surface area contributed by atoms with Crippen molar-refractivity contribution in [1.82, 2.24) is 0 Å². The predicted molar refractivity (Wildman–Crippen MR) is 167 cm³/mol. The lowest BCUT2D eigenvalue weighted by Crippen LogP contribution is -2.48. The highest BCUT2D eigenvalue weighted by Crippen LogP contribution is 2.43. The number of carbonyl (C=O) groups excluding carboxylic acids is 2. The fraction of sp³-hybridized carbons (Fsp3) is 0.943. The minimum Gasteiger partial charge on any atom is -0.459 e. The Morgan fingerprint density at radius 2 is 0.769 bits per heavy atom. The number of ether oxygens (including phenoxy) is 2. The highest BCUT2D eigenvalue weighted by molar-refractivity contribution is 5.73. The van der Waals surface area contributed by atoms with Crippen molar-refractivity contribution in [2.45, 2.75) is 166 Å². The van der Waals surface area contributed by atoms with Gasteiger partial charge in [-0.15, -0.1) is 0 Å². The fourth-order valence-electron chi connectivity index (χ4n) is 7.05. The molecule has 0 fully saturated rings. The van der Waals surface area contributed by atoms with E-state index < -0.39 is 11.2 Å². The zero-order valence-corrected chi connectivity index (χ0v) is 28.6. The third kappa shape index (κ3) is 12.1. The Labute approximate surface area is 244 Å². The molecule has 0 N–H and O–H groups in total.